The monoisotopic (exact) mass is 362 g/mol. The highest BCUT2D eigenvalue weighted by Gasteiger charge is 2.19. The van der Waals surface area contributed by atoms with Gasteiger partial charge in [0.2, 0.25) is 0 Å². The Labute approximate surface area is 118 Å². The van der Waals surface area contributed by atoms with Gasteiger partial charge in [-0.05, 0) is 54.6 Å². The van der Waals surface area contributed by atoms with Crippen molar-refractivity contribution >= 4 is 34.2 Å². The van der Waals surface area contributed by atoms with Gasteiger partial charge in [-0.1, -0.05) is 16.8 Å². The Bertz CT molecular complexity index is 545. The van der Waals surface area contributed by atoms with Crippen molar-refractivity contribution in [1.82, 2.24) is 15.0 Å². The first-order chi connectivity index (χ1) is 7.88. The molecule has 0 radical (unpaired) electrons. The number of hydrogen-bond donors (Lipinski definition) is 1. The molecule has 2 rings (SSSR count). The smallest absolute Gasteiger partial charge is 0.102 e. The number of nitrogens with zero attached hydrogens (tertiary/aromatic N) is 3. The third-order valence-corrected chi connectivity index (χ3v) is 3.28. The Morgan fingerprint density at radius 3 is 2.65 bits per heavy atom. The molecule has 0 aliphatic carbocycles. The van der Waals surface area contributed by atoms with Crippen LogP contribution in [0.15, 0.2) is 24.4 Å². The minimum absolute atomic E-state index is 0.506. The predicted octanol–water partition coefficient (Wildman–Crippen LogP) is 2.72. The Hall–Kier alpha value is -0.660. The maximum atomic E-state index is 6.16. The van der Waals surface area contributed by atoms with E-state index in [0.29, 0.717) is 5.02 Å². The molecule has 0 aliphatic heterocycles. The maximum absolute atomic E-state index is 6.16. The molecule has 2 N–H and O–H groups in total. The van der Waals surface area contributed by atoms with Gasteiger partial charge in [-0.15, -0.1) is 5.10 Å². The summed E-state index contributed by atoms with van der Waals surface area (Å²) in [6, 6.07) is 5.76. The molecule has 17 heavy (non-hydrogen) atoms. The fraction of sp³-hybridized carbons (Fsp3) is 0.273. The second kappa shape index (κ2) is 4.55. The zero-order valence-electron chi connectivity index (χ0n) is 9.48. The van der Waals surface area contributed by atoms with E-state index in [0.717, 1.165) is 15.0 Å². The summed E-state index contributed by atoms with van der Waals surface area (Å²) in [5.41, 5.74) is 6.98. The van der Waals surface area contributed by atoms with Crippen molar-refractivity contribution in [1.29, 1.82) is 0 Å². The highest BCUT2D eigenvalue weighted by Crippen LogP contribution is 2.23. The zero-order chi connectivity index (χ0) is 12.6. The molecule has 0 atom stereocenters. The van der Waals surface area contributed by atoms with E-state index in [4.69, 9.17) is 17.3 Å². The lowest BCUT2D eigenvalue weighted by molar-refractivity contribution is 0.533. The van der Waals surface area contributed by atoms with E-state index in [1.807, 2.05) is 32.0 Å². The molecule has 0 saturated carbocycles. The highest BCUT2D eigenvalue weighted by atomic mass is 127. The molecule has 1 aromatic carbocycles. The van der Waals surface area contributed by atoms with Gasteiger partial charge in [0.05, 0.1) is 22.4 Å². The molecular formula is C11H12ClIN4. The molecule has 0 aliphatic rings. The van der Waals surface area contributed by atoms with Gasteiger partial charge in [0, 0.05) is 3.57 Å². The van der Waals surface area contributed by atoms with Crippen LogP contribution in [0.5, 0.6) is 0 Å². The van der Waals surface area contributed by atoms with E-state index >= 15 is 0 Å². The van der Waals surface area contributed by atoms with E-state index in [2.05, 4.69) is 32.9 Å². The third kappa shape index (κ3) is 2.78. The molecule has 4 nitrogen and oxygen atoms in total. The number of nitrogens with two attached hydrogens (primary N) is 1. The summed E-state index contributed by atoms with van der Waals surface area (Å²) in [5.74, 6) is 0. The van der Waals surface area contributed by atoms with Crippen LogP contribution < -0.4 is 5.73 Å². The number of aromatic nitrogens is 3. The van der Waals surface area contributed by atoms with Crippen LogP contribution in [0.1, 0.15) is 19.5 Å². The van der Waals surface area contributed by atoms with Crippen LogP contribution in [0.4, 0.5) is 0 Å². The standard InChI is InChI=1S/C11H12ClIN4/c1-11(2,14)10-6-17(16-15-10)9-4-3-7(13)5-8(9)12/h3-6H,14H2,1-2H3. The third-order valence-electron chi connectivity index (χ3n) is 2.31. The quantitative estimate of drug-likeness (QED) is 0.836. The molecular weight excluding hydrogens is 351 g/mol. The fourth-order valence-corrected chi connectivity index (χ4v) is 2.29. The molecule has 1 aromatic heterocycles. The molecule has 0 unspecified atom stereocenters. The summed E-state index contributed by atoms with van der Waals surface area (Å²) in [6.07, 6.45) is 1.80. The summed E-state index contributed by atoms with van der Waals surface area (Å²) in [6.45, 7) is 3.77. The van der Waals surface area contributed by atoms with Gasteiger partial charge in [-0.3, -0.25) is 0 Å². The Balaban J connectivity index is 2.44. The van der Waals surface area contributed by atoms with Crippen molar-refractivity contribution in [3.63, 3.8) is 0 Å². The summed E-state index contributed by atoms with van der Waals surface area (Å²) in [7, 11) is 0. The number of rotatable bonds is 2. The first-order valence-electron chi connectivity index (χ1n) is 5.05. The SMILES string of the molecule is CC(C)(N)c1cn(-c2ccc(I)cc2Cl)nn1. The topological polar surface area (TPSA) is 56.7 Å². The zero-order valence-corrected chi connectivity index (χ0v) is 12.4. The Kier molecular flexibility index (Phi) is 3.42. The summed E-state index contributed by atoms with van der Waals surface area (Å²) in [5, 5.41) is 8.74. The molecule has 90 valence electrons. The summed E-state index contributed by atoms with van der Waals surface area (Å²) >= 11 is 8.37. The second-order valence-corrected chi connectivity index (χ2v) is 6.02. The van der Waals surface area contributed by atoms with E-state index < -0.39 is 5.54 Å². The molecule has 0 spiro atoms. The minimum atomic E-state index is -0.506. The first-order valence-corrected chi connectivity index (χ1v) is 6.51. The summed E-state index contributed by atoms with van der Waals surface area (Å²) in [4.78, 5) is 0. The van der Waals surface area contributed by atoms with Crippen LogP contribution in [0.3, 0.4) is 0 Å². The number of halogens is 2. The lowest BCUT2D eigenvalue weighted by Gasteiger charge is -2.13. The molecule has 0 saturated heterocycles. The van der Waals surface area contributed by atoms with Crippen LogP contribution >= 0.6 is 34.2 Å². The van der Waals surface area contributed by atoms with Gasteiger partial charge < -0.3 is 5.73 Å². The molecule has 0 bridgehead atoms. The molecule has 6 heteroatoms. The summed E-state index contributed by atoms with van der Waals surface area (Å²) < 4.78 is 2.72. The minimum Gasteiger partial charge on any atom is -0.320 e. The van der Waals surface area contributed by atoms with Crippen LogP contribution in [0.2, 0.25) is 5.02 Å². The molecule has 1 heterocycles. The number of benzene rings is 1. The molecule has 0 fully saturated rings. The lowest BCUT2D eigenvalue weighted by atomic mass is 10.0. The van der Waals surface area contributed by atoms with Crippen molar-refractivity contribution in [2.45, 2.75) is 19.4 Å². The van der Waals surface area contributed by atoms with E-state index in [1.54, 1.807) is 10.9 Å². The Morgan fingerprint density at radius 2 is 2.12 bits per heavy atom. The average Bonchev–Trinajstić information content (AvgIpc) is 2.65. The van der Waals surface area contributed by atoms with Crippen LogP contribution in [0, 0.1) is 3.57 Å². The van der Waals surface area contributed by atoms with Crippen molar-refractivity contribution in [2.75, 3.05) is 0 Å². The van der Waals surface area contributed by atoms with Crippen molar-refractivity contribution in [2.24, 2.45) is 5.73 Å². The first kappa shape index (κ1) is 12.8. The normalized spacial score (nSPS) is 11.8. The van der Waals surface area contributed by atoms with Crippen molar-refractivity contribution < 1.29 is 0 Å². The second-order valence-electron chi connectivity index (χ2n) is 4.37. The highest BCUT2D eigenvalue weighted by molar-refractivity contribution is 14.1. The largest absolute Gasteiger partial charge is 0.320 e. The van der Waals surface area contributed by atoms with Gasteiger partial charge in [0.15, 0.2) is 0 Å². The molecule has 0 amide bonds. The van der Waals surface area contributed by atoms with E-state index in [-0.39, 0.29) is 0 Å². The van der Waals surface area contributed by atoms with Crippen molar-refractivity contribution in [3.8, 4) is 5.69 Å². The predicted molar refractivity (Wildman–Crippen MR) is 76.3 cm³/mol. The van der Waals surface area contributed by atoms with Crippen LogP contribution in [0.25, 0.3) is 5.69 Å². The van der Waals surface area contributed by atoms with Gasteiger partial charge in [0.25, 0.3) is 0 Å². The molecule has 2 aromatic rings. The van der Waals surface area contributed by atoms with Gasteiger partial charge in [-0.25, -0.2) is 4.68 Å². The average molecular weight is 363 g/mol. The van der Waals surface area contributed by atoms with Crippen LogP contribution in [-0.2, 0) is 5.54 Å². The Morgan fingerprint density at radius 1 is 1.41 bits per heavy atom. The number of hydrogen-bond acceptors (Lipinski definition) is 3. The van der Waals surface area contributed by atoms with E-state index in [9.17, 15) is 0 Å². The van der Waals surface area contributed by atoms with Gasteiger partial charge in [-0.2, -0.15) is 0 Å². The van der Waals surface area contributed by atoms with Gasteiger partial charge in [0.1, 0.15) is 5.69 Å². The van der Waals surface area contributed by atoms with Crippen LogP contribution in [-0.4, -0.2) is 15.0 Å². The fourth-order valence-electron chi connectivity index (χ4n) is 1.34. The lowest BCUT2D eigenvalue weighted by Crippen LogP contribution is -2.29. The van der Waals surface area contributed by atoms with E-state index in [1.165, 1.54) is 0 Å². The maximum Gasteiger partial charge on any atom is 0.102 e. The van der Waals surface area contributed by atoms with Gasteiger partial charge >= 0.3 is 0 Å². The van der Waals surface area contributed by atoms with Crippen molar-refractivity contribution in [3.05, 3.63) is 38.7 Å².